The van der Waals surface area contributed by atoms with Gasteiger partial charge in [-0.05, 0) is 37.9 Å². The molecular formula is C23H29FN2OS. The number of nitrogens with zero attached hydrogens (tertiary/aromatic N) is 1. The molecule has 0 radical (unpaired) electrons. The number of thioether (sulfide) groups is 1. The van der Waals surface area contributed by atoms with E-state index in [0.717, 1.165) is 30.9 Å². The molecule has 0 aliphatic carbocycles. The number of aryl methyl sites for hydroxylation is 1. The first-order valence-corrected chi connectivity index (χ1v) is 11.1. The van der Waals surface area contributed by atoms with Crippen molar-refractivity contribution in [2.45, 2.75) is 32.1 Å². The van der Waals surface area contributed by atoms with E-state index >= 15 is 0 Å². The van der Waals surface area contributed by atoms with Gasteiger partial charge in [-0.15, -0.1) is 0 Å². The van der Waals surface area contributed by atoms with Crippen LogP contribution in [0.1, 0.15) is 29.5 Å². The number of hydrogen-bond acceptors (Lipinski definition) is 3. The zero-order chi connectivity index (χ0) is 19.8. The van der Waals surface area contributed by atoms with Crippen molar-refractivity contribution in [2.24, 2.45) is 5.92 Å². The lowest BCUT2D eigenvalue weighted by atomic mass is 9.96. The van der Waals surface area contributed by atoms with Gasteiger partial charge in [0.05, 0.1) is 5.92 Å². The number of rotatable bonds is 8. The largest absolute Gasteiger partial charge is 0.355 e. The van der Waals surface area contributed by atoms with Crippen LogP contribution >= 0.6 is 11.8 Å². The van der Waals surface area contributed by atoms with Crippen molar-refractivity contribution in [3.8, 4) is 0 Å². The molecule has 1 saturated heterocycles. The third-order valence-corrected chi connectivity index (χ3v) is 6.19. The summed E-state index contributed by atoms with van der Waals surface area (Å²) >= 11 is 1.84. The van der Waals surface area contributed by atoms with Crippen LogP contribution in [0, 0.1) is 18.7 Å². The molecule has 0 saturated carbocycles. The first kappa shape index (κ1) is 20.9. The molecule has 0 bridgehead atoms. The van der Waals surface area contributed by atoms with E-state index in [1.807, 2.05) is 23.9 Å². The maximum absolute atomic E-state index is 13.9. The molecule has 3 nitrogen and oxygen atoms in total. The zero-order valence-corrected chi connectivity index (χ0v) is 17.3. The Balaban J connectivity index is 1.36. The number of likely N-dealkylation sites (tertiary alicyclic amines) is 1. The van der Waals surface area contributed by atoms with Crippen molar-refractivity contribution < 1.29 is 9.18 Å². The van der Waals surface area contributed by atoms with Gasteiger partial charge in [-0.25, -0.2) is 4.39 Å². The molecule has 150 valence electrons. The monoisotopic (exact) mass is 400 g/mol. The summed E-state index contributed by atoms with van der Waals surface area (Å²) in [5.74, 6) is 1.85. The van der Waals surface area contributed by atoms with Gasteiger partial charge in [0.2, 0.25) is 5.91 Å². The van der Waals surface area contributed by atoms with Gasteiger partial charge in [0.25, 0.3) is 0 Å². The van der Waals surface area contributed by atoms with E-state index in [0.29, 0.717) is 25.2 Å². The molecule has 2 aromatic carbocycles. The molecule has 1 unspecified atom stereocenters. The highest BCUT2D eigenvalue weighted by atomic mass is 32.2. The zero-order valence-electron chi connectivity index (χ0n) is 16.5. The van der Waals surface area contributed by atoms with Crippen molar-refractivity contribution in [1.29, 1.82) is 0 Å². The minimum atomic E-state index is -0.167. The second-order valence-corrected chi connectivity index (χ2v) is 8.60. The number of nitrogens with one attached hydrogen (secondary N) is 1. The van der Waals surface area contributed by atoms with Crippen LogP contribution in [0.15, 0.2) is 48.5 Å². The highest BCUT2D eigenvalue weighted by Crippen LogP contribution is 2.20. The lowest BCUT2D eigenvalue weighted by Crippen LogP contribution is -2.43. The molecule has 1 N–H and O–H groups in total. The Kier molecular flexibility index (Phi) is 7.92. The third kappa shape index (κ3) is 6.35. The topological polar surface area (TPSA) is 32.3 Å². The van der Waals surface area contributed by atoms with Crippen LogP contribution in [0.25, 0.3) is 0 Å². The molecule has 28 heavy (non-hydrogen) atoms. The predicted molar refractivity (Wildman–Crippen MR) is 115 cm³/mol. The van der Waals surface area contributed by atoms with Gasteiger partial charge in [-0.3, -0.25) is 9.69 Å². The number of hydrogen-bond donors (Lipinski definition) is 1. The highest BCUT2D eigenvalue weighted by molar-refractivity contribution is 7.98. The molecule has 1 aliphatic heterocycles. The number of amides is 1. The van der Waals surface area contributed by atoms with Gasteiger partial charge in [-0.2, -0.15) is 11.8 Å². The van der Waals surface area contributed by atoms with Crippen LogP contribution in [0.4, 0.5) is 4.39 Å². The Morgan fingerprint density at radius 2 is 2.00 bits per heavy atom. The fourth-order valence-electron chi connectivity index (χ4n) is 3.55. The molecule has 1 amide bonds. The second-order valence-electron chi connectivity index (χ2n) is 7.49. The van der Waals surface area contributed by atoms with Crippen molar-refractivity contribution >= 4 is 17.7 Å². The SMILES string of the molecule is Cc1ccc(CSCCNC(=O)C2CCCN(Cc3ccccc3F)C2)cc1. The Morgan fingerprint density at radius 1 is 1.21 bits per heavy atom. The molecule has 1 heterocycles. The maximum atomic E-state index is 13.9. The van der Waals surface area contributed by atoms with E-state index in [4.69, 9.17) is 0 Å². The molecule has 1 fully saturated rings. The number of benzene rings is 2. The summed E-state index contributed by atoms with van der Waals surface area (Å²) < 4.78 is 13.9. The standard InChI is InChI=1S/C23H29FN2OS/c1-18-8-10-19(11-9-18)17-28-14-12-25-23(27)21-6-4-13-26(16-21)15-20-5-2-3-7-22(20)24/h2-3,5,7-11,21H,4,6,12-17H2,1H3,(H,25,27). The predicted octanol–water partition coefficient (Wildman–Crippen LogP) is 4.40. The van der Waals surface area contributed by atoms with E-state index in [2.05, 4.69) is 41.4 Å². The van der Waals surface area contributed by atoms with Crippen molar-refractivity contribution in [2.75, 3.05) is 25.4 Å². The van der Waals surface area contributed by atoms with Gasteiger partial charge in [0, 0.05) is 36.7 Å². The average Bonchev–Trinajstić information content (AvgIpc) is 2.71. The molecule has 3 rings (SSSR count). The highest BCUT2D eigenvalue weighted by Gasteiger charge is 2.25. The van der Waals surface area contributed by atoms with Crippen LogP contribution in [0.2, 0.25) is 0 Å². The van der Waals surface area contributed by atoms with E-state index < -0.39 is 0 Å². The fourth-order valence-corrected chi connectivity index (χ4v) is 4.36. The molecular weight excluding hydrogens is 371 g/mol. The van der Waals surface area contributed by atoms with Crippen LogP contribution < -0.4 is 5.32 Å². The Labute approximate surface area is 171 Å². The van der Waals surface area contributed by atoms with Crippen LogP contribution in [-0.4, -0.2) is 36.2 Å². The summed E-state index contributed by atoms with van der Waals surface area (Å²) in [5, 5.41) is 3.08. The lowest BCUT2D eigenvalue weighted by molar-refractivity contribution is -0.126. The fraction of sp³-hybridized carbons (Fsp3) is 0.435. The minimum Gasteiger partial charge on any atom is -0.355 e. The number of carbonyl (C=O) groups is 1. The number of halogens is 1. The van der Waals surface area contributed by atoms with Gasteiger partial charge < -0.3 is 5.32 Å². The summed E-state index contributed by atoms with van der Waals surface area (Å²) in [7, 11) is 0. The Hall–Kier alpha value is -1.85. The quantitative estimate of drug-likeness (QED) is 0.667. The molecule has 5 heteroatoms. The van der Waals surface area contributed by atoms with E-state index in [1.165, 1.54) is 17.2 Å². The molecule has 0 spiro atoms. The minimum absolute atomic E-state index is 0.00243. The van der Waals surface area contributed by atoms with Gasteiger partial charge in [-0.1, -0.05) is 48.0 Å². The van der Waals surface area contributed by atoms with E-state index in [9.17, 15) is 9.18 Å². The first-order chi connectivity index (χ1) is 13.6. The van der Waals surface area contributed by atoms with Gasteiger partial charge >= 0.3 is 0 Å². The summed E-state index contributed by atoms with van der Waals surface area (Å²) in [6.45, 7) is 4.98. The number of carbonyl (C=O) groups excluding carboxylic acids is 1. The molecule has 1 atom stereocenters. The van der Waals surface area contributed by atoms with Crippen molar-refractivity contribution in [3.05, 3.63) is 71.0 Å². The average molecular weight is 401 g/mol. The Bertz CT molecular complexity index is 765. The normalized spacial score (nSPS) is 17.4. The third-order valence-electron chi connectivity index (χ3n) is 5.16. The summed E-state index contributed by atoms with van der Waals surface area (Å²) in [4.78, 5) is 14.7. The van der Waals surface area contributed by atoms with E-state index in [1.54, 1.807) is 6.07 Å². The number of piperidine rings is 1. The Morgan fingerprint density at radius 3 is 2.79 bits per heavy atom. The van der Waals surface area contributed by atoms with Crippen molar-refractivity contribution in [3.63, 3.8) is 0 Å². The van der Waals surface area contributed by atoms with Crippen LogP contribution in [0.5, 0.6) is 0 Å². The lowest BCUT2D eigenvalue weighted by Gasteiger charge is -2.32. The smallest absolute Gasteiger partial charge is 0.224 e. The van der Waals surface area contributed by atoms with Gasteiger partial charge in [0.1, 0.15) is 5.82 Å². The molecule has 0 aromatic heterocycles. The van der Waals surface area contributed by atoms with Crippen LogP contribution in [0.3, 0.4) is 0 Å². The maximum Gasteiger partial charge on any atom is 0.224 e. The summed E-state index contributed by atoms with van der Waals surface area (Å²) in [6, 6.07) is 15.5. The van der Waals surface area contributed by atoms with Crippen LogP contribution in [-0.2, 0) is 17.1 Å². The summed E-state index contributed by atoms with van der Waals surface area (Å²) in [5.41, 5.74) is 3.30. The summed E-state index contributed by atoms with van der Waals surface area (Å²) in [6.07, 6.45) is 1.89. The molecule has 1 aliphatic rings. The van der Waals surface area contributed by atoms with Crippen molar-refractivity contribution in [1.82, 2.24) is 10.2 Å². The second kappa shape index (κ2) is 10.6. The van der Waals surface area contributed by atoms with E-state index in [-0.39, 0.29) is 17.6 Å². The van der Waals surface area contributed by atoms with Gasteiger partial charge in [0.15, 0.2) is 0 Å². The molecule has 2 aromatic rings. The first-order valence-electron chi connectivity index (χ1n) is 9.98.